The number of benzene rings is 3. The Morgan fingerprint density at radius 3 is 2.38 bits per heavy atom. The fourth-order valence-corrected chi connectivity index (χ4v) is 4.58. The van der Waals surface area contributed by atoms with Crippen molar-refractivity contribution in [2.24, 2.45) is 5.92 Å². The van der Waals surface area contributed by atoms with Gasteiger partial charge in [0.15, 0.2) is 11.5 Å². The summed E-state index contributed by atoms with van der Waals surface area (Å²) in [5.74, 6) is -0.614. The van der Waals surface area contributed by atoms with E-state index in [0.29, 0.717) is 45.8 Å². The largest absolute Gasteiger partial charge is 0.493 e. The number of aromatic nitrogens is 3. The molecule has 45 heavy (non-hydrogen) atoms. The van der Waals surface area contributed by atoms with E-state index in [1.165, 1.54) is 12.1 Å². The maximum Gasteiger partial charge on any atom is 0.434 e. The van der Waals surface area contributed by atoms with Crippen LogP contribution in [0.15, 0.2) is 91.1 Å². The lowest BCUT2D eigenvalue weighted by atomic mass is 10.0. The SMILES string of the molecule is CC(C)COc1cc(-c2ccc(C#N)cc2)ccc1COc1ccccc1-c1cccc(-n2ncc(C(=O)O)c2C(F)(F)F)n1. The Labute approximate surface area is 256 Å². The van der Waals surface area contributed by atoms with Crippen LogP contribution in [0.5, 0.6) is 11.5 Å². The number of aromatic carboxylic acids is 1. The van der Waals surface area contributed by atoms with Gasteiger partial charge in [-0.3, -0.25) is 0 Å². The summed E-state index contributed by atoms with van der Waals surface area (Å²) in [5.41, 5.74) is 1.58. The molecule has 0 aliphatic rings. The van der Waals surface area contributed by atoms with Gasteiger partial charge < -0.3 is 14.6 Å². The number of ether oxygens (including phenoxy) is 2. The van der Waals surface area contributed by atoms with Gasteiger partial charge >= 0.3 is 12.1 Å². The van der Waals surface area contributed by atoms with Gasteiger partial charge in [-0.2, -0.15) is 23.5 Å². The van der Waals surface area contributed by atoms with Crippen LogP contribution in [-0.2, 0) is 12.8 Å². The number of carboxylic acids is 1. The van der Waals surface area contributed by atoms with Crippen LogP contribution >= 0.6 is 0 Å². The topological polar surface area (TPSA) is 110 Å². The minimum Gasteiger partial charge on any atom is -0.493 e. The lowest BCUT2D eigenvalue weighted by Gasteiger charge is -2.17. The Bertz CT molecular complexity index is 1880. The quantitative estimate of drug-likeness (QED) is 0.171. The Kier molecular flexibility index (Phi) is 8.86. The number of para-hydroxylation sites is 1. The van der Waals surface area contributed by atoms with Crippen LogP contribution in [0, 0.1) is 17.2 Å². The molecule has 5 rings (SSSR count). The average molecular weight is 613 g/mol. The molecule has 2 aromatic heterocycles. The van der Waals surface area contributed by atoms with Crippen LogP contribution in [-0.4, -0.2) is 32.4 Å². The molecule has 0 aliphatic carbocycles. The van der Waals surface area contributed by atoms with Crippen molar-refractivity contribution in [3.8, 4) is 45.8 Å². The minimum atomic E-state index is -4.98. The maximum absolute atomic E-state index is 13.8. The van der Waals surface area contributed by atoms with E-state index in [1.807, 2.05) is 44.2 Å². The van der Waals surface area contributed by atoms with Crippen LogP contribution in [0.4, 0.5) is 13.2 Å². The van der Waals surface area contributed by atoms with Gasteiger partial charge in [0.1, 0.15) is 23.7 Å². The third-order valence-corrected chi connectivity index (χ3v) is 6.75. The molecule has 1 N–H and O–H groups in total. The van der Waals surface area contributed by atoms with Gasteiger partial charge in [0.25, 0.3) is 0 Å². The lowest BCUT2D eigenvalue weighted by molar-refractivity contribution is -0.143. The molecule has 0 spiro atoms. The first-order chi connectivity index (χ1) is 21.5. The number of alkyl halides is 3. The molecule has 0 bridgehead atoms. The summed E-state index contributed by atoms with van der Waals surface area (Å²) in [4.78, 5) is 15.8. The zero-order valence-corrected chi connectivity index (χ0v) is 24.2. The number of carbonyl (C=O) groups is 1. The highest BCUT2D eigenvalue weighted by Gasteiger charge is 2.41. The van der Waals surface area contributed by atoms with Gasteiger partial charge in [-0.25, -0.2) is 14.5 Å². The predicted molar refractivity (Wildman–Crippen MR) is 160 cm³/mol. The molecule has 0 unspecified atom stereocenters. The van der Waals surface area contributed by atoms with Crippen molar-refractivity contribution in [1.29, 1.82) is 5.26 Å². The summed E-state index contributed by atoms with van der Waals surface area (Å²) >= 11 is 0. The van der Waals surface area contributed by atoms with Gasteiger partial charge in [0.05, 0.1) is 30.1 Å². The average Bonchev–Trinajstić information content (AvgIpc) is 3.50. The number of nitrogens with zero attached hydrogens (tertiary/aromatic N) is 4. The predicted octanol–water partition coefficient (Wildman–Crippen LogP) is 7.80. The van der Waals surface area contributed by atoms with E-state index in [0.717, 1.165) is 16.7 Å². The molecule has 0 saturated heterocycles. The number of halogens is 3. The normalized spacial score (nSPS) is 11.3. The Morgan fingerprint density at radius 1 is 0.956 bits per heavy atom. The fraction of sp³-hybridized carbons (Fsp3) is 0.176. The van der Waals surface area contributed by atoms with Crippen molar-refractivity contribution in [3.05, 3.63) is 114 Å². The van der Waals surface area contributed by atoms with E-state index in [9.17, 15) is 23.1 Å². The Hall–Kier alpha value is -5.63. The van der Waals surface area contributed by atoms with Gasteiger partial charge in [-0.05, 0) is 59.5 Å². The summed E-state index contributed by atoms with van der Waals surface area (Å²) in [6.45, 7) is 4.69. The van der Waals surface area contributed by atoms with E-state index >= 15 is 0 Å². The molecule has 0 aliphatic heterocycles. The molecular formula is C34H27F3N4O4. The molecule has 0 fully saturated rings. The van der Waals surface area contributed by atoms with Crippen molar-refractivity contribution >= 4 is 5.97 Å². The zero-order valence-electron chi connectivity index (χ0n) is 24.2. The molecule has 8 nitrogen and oxygen atoms in total. The second kappa shape index (κ2) is 12.9. The van der Waals surface area contributed by atoms with Gasteiger partial charge in [-0.15, -0.1) is 0 Å². The number of pyridine rings is 1. The second-order valence-corrected chi connectivity index (χ2v) is 10.5. The monoisotopic (exact) mass is 612 g/mol. The molecule has 5 aromatic rings. The van der Waals surface area contributed by atoms with E-state index in [2.05, 4.69) is 16.2 Å². The Balaban J connectivity index is 1.45. The minimum absolute atomic E-state index is 0.122. The summed E-state index contributed by atoms with van der Waals surface area (Å²) in [7, 11) is 0. The van der Waals surface area contributed by atoms with Crippen molar-refractivity contribution < 1.29 is 32.5 Å². The maximum atomic E-state index is 13.8. The van der Waals surface area contributed by atoms with Crippen LogP contribution in [0.1, 0.15) is 41.0 Å². The lowest BCUT2D eigenvalue weighted by Crippen LogP contribution is -2.18. The molecule has 11 heteroatoms. The number of nitriles is 1. The highest BCUT2D eigenvalue weighted by Crippen LogP contribution is 2.35. The fourth-order valence-electron chi connectivity index (χ4n) is 4.58. The summed E-state index contributed by atoms with van der Waals surface area (Å²) in [6, 6.07) is 26.5. The molecule has 3 aromatic carbocycles. The molecule has 0 atom stereocenters. The van der Waals surface area contributed by atoms with Gasteiger partial charge in [0.2, 0.25) is 0 Å². The highest BCUT2D eigenvalue weighted by atomic mass is 19.4. The molecular weight excluding hydrogens is 585 g/mol. The van der Waals surface area contributed by atoms with Gasteiger partial charge in [0, 0.05) is 11.1 Å². The van der Waals surface area contributed by atoms with E-state index in [4.69, 9.17) is 14.7 Å². The molecule has 0 amide bonds. The van der Waals surface area contributed by atoms with Crippen molar-refractivity contribution in [2.45, 2.75) is 26.6 Å². The molecule has 228 valence electrons. The first-order valence-electron chi connectivity index (χ1n) is 13.9. The molecule has 2 heterocycles. The summed E-state index contributed by atoms with van der Waals surface area (Å²) < 4.78 is 54.3. The standard InChI is InChI=1S/C34H27F3N4O4/c1-21(2)19-44-30-16-24(23-12-10-22(17-38)11-13-23)14-15-25(30)20-45-29-8-4-3-6-26(29)28-7-5-9-31(40-28)41-32(34(35,36)37)27(18-39-41)33(42)43/h3-16,18,21H,19-20H2,1-2H3,(H,42,43). The first-order valence-corrected chi connectivity index (χ1v) is 13.9. The van der Waals surface area contributed by atoms with Gasteiger partial charge in [-0.1, -0.05) is 56.3 Å². The van der Waals surface area contributed by atoms with Crippen LogP contribution < -0.4 is 9.47 Å². The molecule has 0 radical (unpaired) electrons. The van der Waals surface area contributed by atoms with E-state index in [1.54, 1.807) is 42.5 Å². The number of carboxylic acid groups (broad SMARTS) is 1. The number of hydrogen-bond acceptors (Lipinski definition) is 6. The van der Waals surface area contributed by atoms with Crippen LogP contribution in [0.3, 0.4) is 0 Å². The van der Waals surface area contributed by atoms with Crippen molar-refractivity contribution in [2.75, 3.05) is 6.61 Å². The third-order valence-electron chi connectivity index (χ3n) is 6.75. The van der Waals surface area contributed by atoms with E-state index < -0.39 is 23.4 Å². The molecule has 0 saturated carbocycles. The summed E-state index contributed by atoms with van der Waals surface area (Å²) in [6.07, 6.45) is -4.32. The zero-order chi connectivity index (χ0) is 32.1. The first kappa shape index (κ1) is 30.8. The van der Waals surface area contributed by atoms with Crippen LogP contribution in [0.2, 0.25) is 0 Å². The second-order valence-electron chi connectivity index (χ2n) is 10.5. The van der Waals surface area contributed by atoms with Crippen molar-refractivity contribution in [1.82, 2.24) is 14.8 Å². The number of rotatable bonds is 10. The number of hydrogen-bond donors (Lipinski definition) is 1. The highest BCUT2D eigenvalue weighted by molar-refractivity contribution is 5.89. The third kappa shape index (κ3) is 6.96. The smallest absolute Gasteiger partial charge is 0.434 e. The van der Waals surface area contributed by atoms with E-state index in [-0.39, 0.29) is 18.3 Å². The van der Waals surface area contributed by atoms with Crippen molar-refractivity contribution in [3.63, 3.8) is 0 Å². The van der Waals surface area contributed by atoms with Crippen LogP contribution in [0.25, 0.3) is 28.2 Å². The Morgan fingerprint density at radius 2 is 1.69 bits per heavy atom. The summed E-state index contributed by atoms with van der Waals surface area (Å²) in [5, 5.41) is 22.1.